The molecule has 0 bridgehead atoms. The minimum absolute atomic E-state index is 0.0894. The Hall–Kier alpha value is -1.07. The molecule has 1 amide bonds. The molecule has 21 heavy (non-hydrogen) atoms. The van der Waals surface area contributed by atoms with Crippen LogP contribution in [-0.4, -0.2) is 33.1 Å². The minimum atomic E-state index is 0.0894. The van der Waals surface area contributed by atoms with Gasteiger partial charge in [0, 0.05) is 30.7 Å². The molecule has 0 aromatic heterocycles. The van der Waals surface area contributed by atoms with Gasteiger partial charge in [-0.15, -0.1) is 0 Å². The van der Waals surface area contributed by atoms with E-state index >= 15 is 0 Å². The fourth-order valence-corrected chi connectivity index (χ4v) is 3.48. The lowest BCUT2D eigenvalue weighted by Crippen LogP contribution is -2.42. The fourth-order valence-electron chi connectivity index (χ4n) is 2.83. The van der Waals surface area contributed by atoms with Gasteiger partial charge in [0.1, 0.15) is 0 Å². The zero-order chi connectivity index (χ0) is 15.4. The van der Waals surface area contributed by atoms with Crippen LogP contribution in [0.4, 0.5) is 5.69 Å². The second-order valence-electron chi connectivity index (χ2n) is 5.62. The Bertz CT molecular complexity index is 506. The zero-order valence-electron chi connectivity index (χ0n) is 12.9. The summed E-state index contributed by atoms with van der Waals surface area (Å²) in [5, 5.41) is 6.02. The molecule has 1 fully saturated rings. The molecule has 2 atom stereocenters. The molecule has 2 N–H and O–H groups in total. The first-order chi connectivity index (χ1) is 10.1. The number of piperidine rings is 1. The van der Waals surface area contributed by atoms with E-state index in [0.29, 0.717) is 6.04 Å². The highest BCUT2D eigenvalue weighted by molar-refractivity contribution is 9.10. The van der Waals surface area contributed by atoms with Crippen molar-refractivity contribution in [1.82, 2.24) is 10.6 Å². The third kappa shape index (κ3) is 3.77. The molecule has 1 heterocycles. The zero-order valence-corrected chi connectivity index (χ0v) is 14.5. The second-order valence-corrected chi connectivity index (χ2v) is 6.47. The van der Waals surface area contributed by atoms with Crippen LogP contribution in [0, 0.1) is 5.92 Å². The number of benzene rings is 1. The number of rotatable bonds is 4. The smallest absolute Gasteiger partial charge is 0.224 e. The first-order valence-electron chi connectivity index (χ1n) is 7.50. The van der Waals surface area contributed by atoms with Crippen LogP contribution in [0.1, 0.15) is 31.4 Å². The van der Waals surface area contributed by atoms with Crippen LogP contribution >= 0.6 is 15.9 Å². The molecule has 1 aliphatic heterocycles. The molecule has 5 heteroatoms. The molecular formula is C16H24BrN3O. The Morgan fingerprint density at radius 2 is 2.19 bits per heavy atom. The van der Waals surface area contributed by atoms with Gasteiger partial charge in [0.15, 0.2) is 0 Å². The first-order valence-corrected chi connectivity index (χ1v) is 8.29. The summed E-state index contributed by atoms with van der Waals surface area (Å²) in [5.41, 5.74) is 2.43. The fraction of sp³-hybridized carbons (Fsp3) is 0.562. The van der Waals surface area contributed by atoms with E-state index in [1.807, 2.05) is 7.05 Å². The van der Waals surface area contributed by atoms with Crippen molar-refractivity contribution in [2.75, 3.05) is 32.1 Å². The lowest BCUT2D eigenvalue weighted by molar-refractivity contribution is -0.124. The number of carbonyl (C=O) groups excluding carboxylic acids is 1. The molecule has 0 spiro atoms. The summed E-state index contributed by atoms with van der Waals surface area (Å²) in [6.07, 6.45) is 2.03. The van der Waals surface area contributed by atoms with Gasteiger partial charge in [-0.2, -0.15) is 0 Å². The van der Waals surface area contributed by atoms with Gasteiger partial charge < -0.3 is 15.5 Å². The molecule has 2 unspecified atom stereocenters. The maximum absolute atomic E-state index is 11.9. The van der Waals surface area contributed by atoms with Crippen molar-refractivity contribution in [2.24, 2.45) is 5.92 Å². The van der Waals surface area contributed by atoms with Crippen LogP contribution in [0.5, 0.6) is 0 Å². The molecule has 1 aromatic carbocycles. The van der Waals surface area contributed by atoms with Crippen LogP contribution in [0.3, 0.4) is 0 Å². The Balaban J connectivity index is 2.16. The minimum Gasteiger partial charge on any atom is -0.370 e. The van der Waals surface area contributed by atoms with Crippen molar-refractivity contribution < 1.29 is 4.79 Å². The molecule has 1 saturated heterocycles. The Kier molecular flexibility index (Phi) is 5.65. The molecule has 1 aliphatic rings. The van der Waals surface area contributed by atoms with Gasteiger partial charge >= 0.3 is 0 Å². The van der Waals surface area contributed by atoms with E-state index in [0.717, 1.165) is 30.4 Å². The number of anilines is 1. The predicted molar refractivity (Wildman–Crippen MR) is 90.6 cm³/mol. The highest BCUT2D eigenvalue weighted by Gasteiger charge is 2.26. The third-order valence-electron chi connectivity index (χ3n) is 4.28. The van der Waals surface area contributed by atoms with Gasteiger partial charge in [-0.3, -0.25) is 4.79 Å². The lowest BCUT2D eigenvalue weighted by atomic mass is 9.96. The molecule has 116 valence electrons. The molecule has 2 rings (SSSR count). The van der Waals surface area contributed by atoms with Gasteiger partial charge in [-0.1, -0.05) is 6.07 Å². The number of hydrogen-bond acceptors (Lipinski definition) is 3. The van der Waals surface area contributed by atoms with Crippen molar-refractivity contribution in [1.29, 1.82) is 0 Å². The predicted octanol–water partition coefficient (Wildman–Crippen LogP) is 2.69. The van der Waals surface area contributed by atoms with Gasteiger partial charge in [0.2, 0.25) is 5.91 Å². The molecule has 4 nitrogen and oxygen atoms in total. The summed E-state index contributed by atoms with van der Waals surface area (Å²) >= 11 is 3.68. The third-order valence-corrected chi connectivity index (χ3v) is 4.92. The van der Waals surface area contributed by atoms with Crippen molar-refractivity contribution in [3.63, 3.8) is 0 Å². The van der Waals surface area contributed by atoms with Crippen molar-refractivity contribution in [3.8, 4) is 0 Å². The normalized spacial score (nSPS) is 20.2. The summed E-state index contributed by atoms with van der Waals surface area (Å²) < 4.78 is 1.10. The highest BCUT2D eigenvalue weighted by atomic mass is 79.9. The van der Waals surface area contributed by atoms with Crippen LogP contribution < -0.4 is 15.5 Å². The largest absolute Gasteiger partial charge is 0.370 e. The summed E-state index contributed by atoms with van der Waals surface area (Å²) in [6, 6.07) is 6.81. The van der Waals surface area contributed by atoms with E-state index in [1.165, 1.54) is 11.3 Å². The van der Waals surface area contributed by atoms with Crippen molar-refractivity contribution in [3.05, 3.63) is 28.2 Å². The summed E-state index contributed by atoms with van der Waals surface area (Å²) in [6.45, 7) is 3.94. The average Bonchev–Trinajstić information content (AvgIpc) is 2.53. The van der Waals surface area contributed by atoms with Gasteiger partial charge in [0.05, 0.1) is 11.6 Å². The van der Waals surface area contributed by atoms with E-state index < -0.39 is 0 Å². The SMILES string of the molecule is CNC(=O)C1CCCN(c2ccc(C(C)NC)cc2Br)C1. The Morgan fingerprint density at radius 1 is 1.43 bits per heavy atom. The number of nitrogens with zero attached hydrogens (tertiary/aromatic N) is 1. The molecule has 1 aromatic rings. The summed E-state index contributed by atoms with van der Waals surface area (Å²) in [4.78, 5) is 14.2. The molecular weight excluding hydrogens is 330 g/mol. The van der Waals surface area contributed by atoms with E-state index in [9.17, 15) is 4.79 Å². The number of halogens is 1. The first kappa shape index (κ1) is 16.3. The number of amides is 1. The van der Waals surface area contributed by atoms with Crippen LogP contribution in [0.15, 0.2) is 22.7 Å². The highest BCUT2D eigenvalue weighted by Crippen LogP contribution is 2.32. The average molecular weight is 354 g/mol. The van der Waals surface area contributed by atoms with E-state index in [4.69, 9.17) is 0 Å². The van der Waals surface area contributed by atoms with E-state index in [-0.39, 0.29) is 11.8 Å². The second kappa shape index (κ2) is 7.27. The van der Waals surface area contributed by atoms with Crippen LogP contribution in [-0.2, 0) is 4.79 Å². The standard InChI is InChI=1S/C16H24BrN3O/c1-11(18-2)12-6-7-15(14(17)9-12)20-8-4-5-13(10-20)16(21)19-3/h6-7,9,11,13,18H,4-5,8,10H2,1-3H3,(H,19,21). The van der Waals surface area contributed by atoms with E-state index in [1.54, 1.807) is 7.05 Å². The molecule has 0 radical (unpaired) electrons. The van der Waals surface area contributed by atoms with Crippen LogP contribution in [0.2, 0.25) is 0 Å². The molecule has 0 saturated carbocycles. The maximum Gasteiger partial charge on any atom is 0.224 e. The quantitative estimate of drug-likeness (QED) is 0.874. The maximum atomic E-state index is 11.9. The monoisotopic (exact) mass is 353 g/mol. The summed E-state index contributed by atoms with van der Waals surface area (Å²) in [5.74, 6) is 0.239. The number of carbonyl (C=O) groups is 1. The summed E-state index contributed by atoms with van der Waals surface area (Å²) in [7, 11) is 3.68. The van der Waals surface area contributed by atoms with Crippen LogP contribution in [0.25, 0.3) is 0 Å². The Labute approximate surface area is 135 Å². The van der Waals surface area contributed by atoms with Gasteiger partial charge in [-0.05, 0) is 60.4 Å². The Morgan fingerprint density at radius 3 is 2.81 bits per heavy atom. The number of nitrogens with one attached hydrogen (secondary N) is 2. The van der Waals surface area contributed by atoms with Crippen molar-refractivity contribution >= 4 is 27.5 Å². The molecule has 0 aliphatic carbocycles. The van der Waals surface area contributed by atoms with E-state index in [2.05, 4.69) is 56.6 Å². The number of hydrogen-bond donors (Lipinski definition) is 2. The van der Waals surface area contributed by atoms with Crippen molar-refractivity contribution in [2.45, 2.75) is 25.8 Å². The van der Waals surface area contributed by atoms with Gasteiger partial charge in [-0.25, -0.2) is 0 Å². The van der Waals surface area contributed by atoms with Gasteiger partial charge in [0.25, 0.3) is 0 Å². The lowest BCUT2D eigenvalue weighted by Gasteiger charge is -2.34. The topological polar surface area (TPSA) is 44.4 Å².